The maximum Gasteiger partial charge on any atom is 0.405 e. The number of halogens is 3. The Balaban J connectivity index is 1.48. The molecule has 11 heteroatoms. The van der Waals surface area contributed by atoms with Crippen LogP contribution in [-0.2, 0) is 7.05 Å². The van der Waals surface area contributed by atoms with Crippen molar-refractivity contribution in [3.8, 4) is 0 Å². The fraction of sp³-hybridized carbons (Fsp3) is 0.444. The van der Waals surface area contributed by atoms with Gasteiger partial charge in [0.25, 0.3) is 0 Å². The molecule has 2 aliphatic rings. The summed E-state index contributed by atoms with van der Waals surface area (Å²) in [7, 11) is 1.81. The van der Waals surface area contributed by atoms with Crippen molar-refractivity contribution < 1.29 is 18.0 Å². The van der Waals surface area contributed by atoms with Gasteiger partial charge in [-0.25, -0.2) is 14.8 Å². The molecule has 0 aliphatic carbocycles. The molecule has 4 rings (SSSR count). The van der Waals surface area contributed by atoms with Gasteiger partial charge in [-0.3, -0.25) is 4.68 Å². The van der Waals surface area contributed by atoms with E-state index in [4.69, 9.17) is 0 Å². The monoisotopic (exact) mass is 407 g/mol. The predicted octanol–water partition coefficient (Wildman–Crippen LogP) is 2.85. The first-order valence-electron chi connectivity index (χ1n) is 9.21. The van der Waals surface area contributed by atoms with Gasteiger partial charge in [-0.05, 0) is 30.9 Å². The molecule has 2 aliphatic heterocycles. The summed E-state index contributed by atoms with van der Waals surface area (Å²) >= 11 is 0. The number of anilines is 2. The van der Waals surface area contributed by atoms with E-state index in [0.717, 1.165) is 29.8 Å². The van der Waals surface area contributed by atoms with Crippen LogP contribution < -0.4 is 10.6 Å². The number of amides is 2. The number of hydrogen-bond donors (Lipinski definition) is 2. The standard InChI is InChI=1S/C18H20F3N7O/c1-27-9-12(8-24-27)25-16-22-5-4-15(26-16)11-6-13-2-3-14(7-11)28(13)17(29)23-10-18(19,20)21/h4-6,8-9,13-14H,2-3,7,10H2,1H3,(H,23,29)(H,22,25,26). The van der Waals surface area contributed by atoms with Crippen molar-refractivity contribution in [2.24, 2.45) is 7.05 Å². The van der Waals surface area contributed by atoms with E-state index in [0.29, 0.717) is 12.4 Å². The van der Waals surface area contributed by atoms with Crippen molar-refractivity contribution in [2.45, 2.75) is 37.5 Å². The Bertz CT molecular complexity index is 940. The summed E-state index contributed by atoms with van der Waals surface area (Å²) in [5.74, 6) is 0.425. The summed E-state index contributed by atoms with van der Waals surface area (Å²) in [6.45, 7) is -1.33. The number of carbonyl (C=O) groups excluding carboxylic acids is 1. The normalized spacial score (nSPS) is 21.1. The van der Waals surface area contributed by atoms with Gasteiger partial charge in [0.05, 0.1) is 23.6 Å². The topological polar surface area (TPSA) is 88.0 Å². The Kier molecular flexibility index (Phi) is 4.89. The fourth-order valence-corrected chi connectivity index (χ4v) is 3.82. The van der Waals surface area contributed by atoms with Crippen LogP contribution in [0, 0.1) is 0 Å². The minimum Gasteiger partial charge on any atom is -0.329 e. The molecule has 2 aromatic heterocycles. The van der Waals surface area contributed by atoms with Gasteiger partial charge in [-0.15, -0.1) is 0 Å². The molecular weight excluding hydrogens is 387 g/mol. The first-order valence-corrected chi connectivity index (χ1v) is 9.21. The van der Waals surface area contributed by atoms with Gasteiger partial charge in [0.15, 0.2) is 0 Å². The Labute approximate surface area is 164 Å². The first kappa shape index (κ1) is 19.2. The van der Waals surface area contributed by atoms with E-state index < -0.39 is 18.8 Å². The Hall–Kier alpha value is -3.11. The summed E-state index contributed by atoms with van der Waals surface area (Å²) in [6, 6.07) is 0.741. The molecule has 2 N–H and O–H groups in total. The third-order valence-electron chi connectivity index (χ3n) is 5.02. The van der Waals surface area contributed by atoms with Gasteiger partial charge in [-0.1, -0.05) is 6.08 Å². The number of aryl methyl sites for hydroxylation is 1. The molecule has 2 unspecified atom stereocenters. The van der Waals surface area contributed by atoms with Gasteiger partial charge in [0.2, 0.25) is 5.95 Å². The lowest BCUT2D eigenvalue weighted by Gasteiger charge is -2.34. The Morgan fingerprint density at radius 2 is 2.17 bits per heavy atom. The zero-order chi connectivity index (χ0) is 20.6. The SMILES string of the molecule is Cn1cc(Nc2nccc(C3=CC4CCC(C3)N4C(=O)NCC(F)(F)F)n2)cn1. The maximum absolute atomic E-state index is 12.4. The molecule has 0 saturated carbocycles. The number of aromatic nitrogens is 4. The molecule has 0 aromatic carbocycles. The summed E-state index contributed by atoms with van der Waals surface area (Å²) in [6.07, 6.45) is 4.61. The minimum absolute atomic E-state index is 0.141. The highest BCUT2D eigenvalue weighted by Gasteiger charge is 2.41. The molecule has 8 nitrogen and oxygen atoms in total. The van der Waals surface area contributed by atoms with E-state index in [2.05, 4.69) is 20.4 Å². The number of urea groups is 1. The van der Waals surface area contributed by atoms with Gasteiger partial charge in [-0.2, -0.15) is 18.3 Å². The van der Waals surface area contributed by atoms with E-state index in [1.807, 2.05) is 18.4 Å². The second-order valence-electron chi connectivity index (χ2n) is 7.17. The number of alkyl halides is 3. The average molecular weight is 407 g/mol. The number of nitrogens with zero attached hydrogens (tertiary/aromatic N) is 5. The van der Waals surface area contributed by atoms with Crippen molar-refractivity contribution in [1.82, 2.24) is 30.0 Å². The highest BCUT2D eigenvalue weighted by atomic mass is 19.4. The molecule has 2 atom stereocenters. The molecule has 1 saturated heterocycles. The molecule has 0 spiro atoms. The van der Waals surface area contributed by atoms with Crippen molar-refractivity contribution in [2.75, 3.05) is 11.9 Å². The smallest absolute Gasteiger partial charge is 0.329 e. The lowest BCUT2D eigenvalue weighted by Crippen LogP contribution is -2.50. The molecule has 1 fully saturated rings. The Morgan fingerprint density at radius 1 is 1.34 bits per heavy atom. The quantitative estimate of drug-likeness (QED) is 0.814. The summed E-state index contributed by atoms with van der Waals surface area (Å²) in [5.41, 5.74) is 2.46. The zero-order valence-electron chi connectivity index (χ0n) is 15.6. The van der Waals surface area contributed by atoms with E-state index in [1.54, 1.807) is 29.3 Å². The molecule has 2 amide bonds. The number of carbonyl (C=O) groups is 1. The summed E-state index contributed by atoms with van der Waals surface area (Å²) in [4.78, 5) is 22.5. The largest absolute Gasteiger partial charge is 0.405 e. The van der Waals surface area contributed by atoms with Crippen LogP contribution in [-0.4, -0.2) is 55.5 Å². The number of fused-ring (bicyclic) bond motifs is 2. The summed E-state index contributed by atoms with van der Waals surface area (Å²) in [5, 5.41) is 9.14. The molecule has 0 radical (unpaired) electrons. The first-order chi connectivity index (χ1) is 13.8. The average Bonchev–Trinajstić information content (AvgIpc) is 3.19. The maximum atomic E-state index is 12.4. The van der Waals surface area contributed by atoms with Crippen LogP contribution in [0.3, 0.4) is 0 Å². The van der Waals surface area contributed by atoms with Crippen LogP contribution in [0.1, 0.15) is 25.0 Å². The number of rotatable bonds is 4. The highest BCUT2D eigenvalue weighted by molar-refractivity contribution is 5.78. The molecule has 154 valence electrons. The highest BCUT2D eigenvalue weighted by Crippen LogP contribution is 2.38. The van der Waals surface area contributed by atoms with E-state index in [9.17, 15) is 18.0 Å². The van der Waals surface area contributed by atoms with Crippen LogP contribution in [0.25, 0.3) is 5.57 Å². The van der Waals surface area contributed by atoms with Gasteiger partial charge >= 0.3 is 12.2 Å². The second-order valence-corrected chi connectivity index (χ2v) is 7.17. The van der Waals surface area contributed by atoms with Crippen molar-refractivity contribution in [3.05, 3.63) is 36.4 Å². The molecular formula is C18H20F3N7O. The van der Waals surface area contributed by atoms with Crippen LogP contribution >= 0.6 is 0 Å². The van der Waals surface area contributed by atoms with E-state index in [-0.39, 0.29) is 12.1 Å². The number of hydrogen-bond acceptors (Lipinski definition) is 5. The minimum atomic E-state index is -4.43. The van der Waals surface area contributed by atoms with Crippen molar-refractivity contribution >= 4 is 23.2 Å². The molecule has 4 heterocycles. The van der Waals surface area contributed by atoms with Crippen LogP contribution in [0.5, 0.6) is 0 Å². The second kappa shape index (κ2) is 7.37. The van der Waals surface area contributed by atoms with E-state index in [1.165, 1.54) is 4.90 Å². The van der Waals surface area contributed by atoms with Crippen molar-refractivity contribution in [3.63, 3.8) is 0 Å². The van der Waals surface area contributed by atoms with Gasteiger partial charge in [0, 0.05) is 25.5 Å². The van der Waals surface area contributed by atoms with E-state index >= 15 is 0 Å². The lowest BCUT2D eigenvalue weighted by atomic mass is 9.98. The van der Waals surface area contributed by atoms with Gasteiger partial charge in [0.1, 0.15) is 6.54 Å². The zero-order valence-corrected chi connectivity index (χ0v) is 15.6. The fourth-order valence-electron chi connectivity index (χ4n) is 3.82. The lowest BCUT2D eigenvalue weighted by molar-refractivity contribution is -0.123. The third-order valence-corrected chi connectivity index (χ3v) is 5.02. The van der Waals surface area contributed by atoms with Crippen LogP contribution in [0.15, 0.2) is 30.7 Å². The van der Waals surface area contributed by atoms with Crippen molar-refractivity contribution in [1.29, 1.82) is 0 Å². The molecule has 29 heavy (non-hydrogen) atoms. The molecule has 2 aromatic rings. The number of nitrogens with one attached hydrogen (secondary N) is 2. The summed E-state index contributed by atoms with van der Waals surface area (Å²) < 4.78 is 38.9. The van der Waals surface area contributed by atoms with Crippen LogP contribution in [0.2, 0.25) is 0 Å². The third kappa shape index (κ3) is 4.33. The van der Waals surface area contributed by atoms with Gasteiger partial charge < -0.3 is 15.5 Å². The Morgan fingerprint density at radius 3 is 2.86 bits per heavy atom. The predicted molar refractivity (Wildman–Crippen MR) is 99.2 cm³/mol. The molecule has 2 bridgehead atoms. The van der Waals surface area contributed by atoms with Crippen LogP contribution in [0.4, 0.5) is 29.6 Å².